The summed E-state index contributed by atoms with van der Waals surface area (Å²) in [6.45, 7) is 7.37. The fraction of sp³-hybridized carbons (Fsp3) is 0.538. The molecular weight excluding hydrogens is 244 g/mol. The predicted molar refractivity (Wildman–Crippen MR) is 74.9 cm³/mol. The minimum absolute atomic E-state index is 0.320. The van der Waals surface area contributed by atoms with Gasteiger partial charge in [0.05, 0.1) is 10.7 Å². The standard InChI is InChI=1S/C13H20N4S/c1-9(13-14-5-6-18-13)7-15-10(2)12-8-17(4)16-11(12)3/h5-6,8-10,15H,7H2,1-4H3. The van der Waals surface area contributed by atoms with Crippen molar-refractivity contribution in [1.29, 1.82) is 0 Å². The first-order chi connectivity index (χ1) is 8.58. The lowest BCUT2D eigenvalue weighted by Gasteiger charge is -2.16. The van der Waals surface area contributed by atoms with E-state index in [1.165, 1.54) is 10.6 Å². The molecule has 18 heavy (non-hydrogen) atoms. The lowest BCUT2D eigenvalue weighted by molar-refractivity contribution is 0.534. The van der Waals surface area contributed by atoms with Gasteiger partial charge < -0.3 is 5.32 Å². The highest BCUT2D eigenvalue weighted by atomic mass is 32.1. The first-order valence-electron chi connectivity index (χ1n) is 6.21. The van der Waals surface area contributed by atoms with E-state index in [1.807, 2.05) is 23.3 Å². The fourth-order valence-electron chi connectivity index (χ4n) is 2.07. The lowest BCUT2D eigenvalue weighted by Crippen LogP contribution is -2.23. The second kappa shape index (κ2) is 5.63. The minimum atomic E-state index is 0.320. The van der Waals surface area contributed by atoms with Crippen LogP contribution < -0.4 is 5.32 Å². The molecule has 2 aromatic rings. The molecule has 2 unspecified atom stereocenters. The van der Waals surface area contributed by atoms with Gasteiger partial charge in [-0.3, -0.25) is 4.68 Å². The number of hydrogen-bond donors (Lipinski definition) is 1. The summed E-state index contributed by atoms with van der Waals surface area (Å²) in [4.78, 5) is 4.35. The summed E-state index contributed by atoms with van der Waals surface area (Å²) in [5.41, 5.74) is 2.36. The van der Waals surface area contributed by atoms with E-state index < -0.39 is 0 Å². The molecule has 0 fully saturated rings. The maximum absolute atomic E-state index is 4.38. The van der Waals surface area contributed by atoms with Gasteiger partial charge in [0.25, 0.3) is 0 Å². The van der Waals surface area contributed by atoms with Gasteiger partial charge in [0.1, 0.15) is 0 Å². The quantitative estimate of drug-likeness (QED) is 0.902. The van der Waals surface area contributed by atoms with Gasteiger partial charge in [-0.2, -0.15) is 5.10 Å². The van der Waals surface area contributed by atoms with Crippen LogP contribution in [-0.4, -0.2) is 21.3 Å². The second-order valence-electron chi connectivity index (χ2n) is 4.74. The monoisotopic (exact) mass is 264 g/mol. The van der Waals surface area contributed by atoms with Gasteiger partial charge in [0.15, 0.2) is 0 Å². The third-order valence-electron chi connectivity index (χ3n) is 3.12. The Balaban J connectivity index is 1.92. The summed E-state index contributed by atoms with van der Waals surface area (Å²) < 4.78 is 1.87. The van der Waals surface area contributed by atoms with E-state index in [0.29, 0.717) is 12.0 Å². The summed E-state index contributed by atoms with van der Waals surface area (Å²) in [5, 5.41) is 11.2. The van der Waals surface area contributed by atoms with Crippen LogP contribution in [0, 0.1) is 6.92 Å². The van der Waals surface area contributed by atoms with Crippen molar-refractivity contribution in [3.05, 3.63) is 34.0 Å². The summed E-state index contributed by atoms with van der Waals surface area (Å²) in [7, 11) is 1.96. The average molecular weight is 264 g/mol. The molecule has 0 radical (unpaired) electrons. The maximum atomic E-state index is 4.38. The Morgan fingerprint density at radius 2 is 2.22 bits per heavy atom. The van der Waals surface area contributed by atoms with Crippen LogP contribution in [0.3, 0.4) is 0 Å². The molecule has 2 aromatic heterocycles. The van der Waals surface area contributed by atoms with Crippen molar-refractivity contribution >= 4 is 11.3 Å². The molecule has 0 spiro atoms. The van der Waals surface area contributed by atoms with E-state index >= 15 is 0 Å². The van der Waals surface area contributed by atoms with Crippen molar-refractivity contribution in [3.63, 3.8) is 0 Å². The van der Waals surface area contributed by atoms with Gasteiger partial charge >= 0.3 is 0 Å². The SMILES string of the molecule is Cc1nn(C)cc1C(C)NCC(C)c1nccs1. The molecule has 0 saturated heterocycles. The van der Waals surface area contributed by atoms with Crippen molar-refractivity contribution in [2.45, 2.75) is 32.7 Å². The van der Waals surface area contributed by atoms with Gasteiger partial charge in [0, 0.05) is 48.9 Å². The predicted octanol–water partition coefficient (Wildman–Crippen LogP) is 2.64. The van der Waals surface area contributed by atoms with Crippen LogP contribution in [0.4, 0.5) is 0 Å². The Kier molecular flexibility index (Phi) is 4.14. The molecule has 5 heteroatoms. The fourth-order valence-corrected chi connectivity index (χ4v) is 2.77. The first kappa shape index (κ1) is 13.2. The van der Waals surface area contributed by atoms with Crippen molar-refractivity contribution in [2.24, 2.45) is 7.05 Å². The van der Waals surface area contributed by atoms with Crippen molar-refractivity contribution in [3.8, 4) is 0 Å². The number of rotatable bonds is 5. The number of hydrogen-bond acceptors (Lipinski definition) is 4. The molecule has 2 rings (SSSR count). The van der Waals surface area contributed by atoms with E-state index in [4.69, 9.17) is 0 Å². The maximum Gasteiger partial charge on any atom is 0.0965 e. The highest BCUT2D eigenvalue weighted by Gasteiger charge is 2.14. The van der Waals surface area contributed by atoms with E-state index in [-0.39, 0.29) is 0 Å². The zero-order valence-corrected chi connectivity index (χ0v) is 12.2. The lowest BCUT2D eigenvalue weighted by atomic mass is 10.1. The van der Waals surface area contributed by atoms with Crippen molar-refractivity contribution in [2.75, 3.05) is 6.54 Å². The highest BCUT2D eigenvalue weighted by Crippen LogP contribution is 2.19. The van der Waals surface area contributed by atoms with Gasteiger partial charge in [0.2, 0.25) is 0 Å². The van der Waals surface area contributed by atoms with Crippen LogP contribution in [0.5, 0.6) is 0 Å². The molecular formula is C13H20N4S. The minimum Gasteiger partial charge on any atom is -0.309 e. The van der Waals surface area contributed by atoms with Crippen LogP contribution in [0.15, 0.2) is 17.8 Å². The van der Waals surface area contributed by atoms with Gasteiger partial charge in [-0.05, 0) is 13.8 Å². The third kappa shape index (κ3) is 2.97. The number of thiazole rings is 1. The van der Waals surface area contributed by atoms with Crippen LogP contribution in [0.25, 0.3) is 0 Å². The summed E-state index contributed by atoms with van der Waals surface area (Å²) in [5.74, 6) is 0.449. The van der Waals surface area contributed by atoms with Crippen LogP contribution in [-0.2, 0) is 7.05 Å². The molecule has 0 aliphatic rings. The zero-order valence-electron chi connectivity index (χ0n) is 11.3. The number of nitrogens with one attached hydrogen (secondary N) is 1. The molecule has 98 valence electrons. The summed E-state index contributed by atoms with van der Waals surface area (Å²) in [6, 6.07) is 0.320. The van der Waals surface area contributed by atoms with E-state index in [0.717, 1.165) is 12.2 Å². The van der Waals surface area contributed by atoms with E-state index in [9.17, 15) is 0 Å². The molecule has 2 heterocycles. The second-order valence-corrected chi connectivity index (χ2v) is 5.67. The molecule has 0 amide bonds. The number of nitrogens with zero attached hydrogens (tertiary/aromatic N) is 3. The van der Waals surface area contributed by atoms with Crippen LogP contribution in [0.2, 0.25) is 0 Å². The molecule has 2 atom stereocenters. The van der Waals surface area contributed by atoms with Crippen molar-refractivity contribution in [1.82, 2.24) is 20.1 Å². The molecule has 0 aliphatic carbocycles. The number of aromatic nitrogens is 3. The van der Waals surface area contributed by atoms with Crippen LogP contribution in [0.1, 0.15) is 42.1 Å². The Bertz CT molecular complexity index is 489. The third-order valence-corrected chi connectivity index (χ3v) is 4.13. The molecule has 1 N–H and O–H groups in total. The first-order valence-corrected chi connectivity index (χ1v) is 7.08. The smallest absolute Gasteiger partial charge is 0.0965 e. The van der Waals surface area contributed by atoms with E-state index in [1.54, 1.807) is 11.3 Å². The Morgan fingerprint density at radius 1 is 1.44 bits per heavy atom. The van der Waals surface area contributed by atoms with Gasteiger partial charge in [-0.15, -0.1) is 11.3 Å². The van der Waals surface area contributed by atoms with E-state index in [2.05, 4.69) is 42.4 Å². The number of aryl methyl sites for hydroxylation is 2. The summed E-state index contributed by atoms with van der Waals surface area (Å²) in [6.07, 6.45) is 3.95. The van der Waals surface area contributed by atoms with Gasteiger partial charge in [-0.1, -0.05) is 6.92 Å². The van der Waals surface area contributed by atoms with Gasteiger partial charge in [-0.25, -0.2) is 4.98 Å². The molecule has 0 aromatic carbocycles. The average Bonchev–Trinajstić information content (AvgIpc) is 2.95. The summed E-state index contributed by atoms with van der Waals surface area (Å²) >= 11 is 1.72. The molecule has 0 aliphatic heterocycles. The topological polar surface area (TPSA) is 42.7 Å². The molecule has 0 saturated carbocycles. The Hall–Kier alpha value is -1.20. The Labute approximate surface area is 112 Å². The molecule has 0 bridgehead atoms. The normalized spacial score (nSPS) is 14.7. The van der Waals surface area contributed by atoms with Crippen molar-refractivity contribution < 1.29 is 0 Å². The largest absolute Gasteiger partial charge is 0.309 e. The highest BCUT2D eigenvalue weighted by molar-refractivity contribution is 7.09. The molecule has 4 nitrogen and oxygen atoms in total. The zero-order chi connectivity index (χ0) is 13.1. The Morgan fingerprint density at radius 3 is 2.78 bits per heavy atom. The van der Waals surface area contributed by atoms with Crippen LogP contribution >= 0.6 is 11.3 Å².